The monoisotopic (exact) mass is 696 g/mol. The van der Waals surface area contributed by atoms with Gasteiger partial charge in [-0.25, -0.2) is 9.97 Å². The summed E-state index contributed by atoms with van der Waals surface area (Å²) in [7, 11) is 0. The predicted octanol–water partition coefficient (Wildman–Crippen LogP) is 8.29. The Morgan fingerprint density at radius 2 is 1.78 bits per heavy atom. The van der Waals surface area contributed by atoms with Crippen molar-refractivity contribution in [1.82, 2.24) is 24.8 Å². The number of carboxylic acid groups (broad SMARTS) is 1. The molecule has 3 aromatic heterocycles. The molecule has 0 amide bonds. The molecule has 9 nitrogen and oxygen atoms in total. The molecule has 0 saturated carbocycles. The van der Waals surface area contributed by atoms with E-state index in [1.807, 2.05) is 67.7 Å². The maximum Gasteiger partial charge on any atom is 0.307 e. The van der Waals surface area contributed by atoms with Gasteiger partial charge in [-0.2, -0.15) is 0 Å². The number of fused-ring (bicyclic) bond motifs is 2. The Labute approximate surface area is 301 Å². The molecular formula is C41H37ClN6O3. The van der Waals surface area contributed by atoms with E-state index in [0.717, 1.165) is 70.6 Å². The zero-order valence-electron chi connectivity index (χ0n) is 28.3. The summed E-state index contributed by atoms with van der Waals surface area (Å²) in [5, 5.41) is 14.5. The highest BCUT2D eigenvalue weighted by molar-refractivity contribution is 6.36. The van der Waals surface area contributed by atoms with Gasteiger partial charge in [0.1, 0.15) is 11.0 Å². The number of aliphatic carboxylic acids is 1. The van der Waals surface area contributed by atoms with Gasteiger partial charge in [0.15, 0.2) is 11.4 Å². The molecule has 2 aliphatic rings. The van der Waals surface area contributed by atoms with Gasteiger partial charge in [0.05, 0.1) is 22.2 Å². The lowest BCUT2D eigenvalue weighted by molar-refractivity contribution is -0.141. The molecule has 2 N–H and O–H groups in total. The molecule has 6 aromatic rings. The van der Waals surface area contributed by atoms with Crippen LogP contribution in [0, 0.1) is 25.2 Å². The fourth-order valence-electron chi connectivity index (χ4n) is 7.45. The number of likely N-dealkylation sites (tertiary alicyclic amines) is 2. The minimum Gasteiger partial charge on any atom is -0.481 e. The van der Waals surface area contributed by atoms with Crippen molar-refractivity contribution in [3.05, 3.63) is 100 Å². The van der Waals surface area contributed by atoms with Gasteiger partial charge in [0.25, 0.3) is 0 Å². The van der Waals surface area contributed by atoms with Crippen LogP contribution in [0.5, 0.6) is 0 Å². The van der Waals surface area contributed by atoms with Crippen molar-refractivity contribution in [2.45, 2.75) is 39.3 Å². The average Bonchev–Trinajstić information content (AvgIpc) is 3.91. The van der Waals surface area contributed by atoms with Crippen molar-refractivity contribution in [3.8, 4) is 34.9 Å². The van der Waals surface area contributed by atoms with E-state index in [1.54, 1.807) is 6.20 Å². The molecule has 1 unspecified atom stereocenters. The lowest BCUT2D eigenvalue weighted by Crippen LogP contribution is -2.22. The largest absolute Gasteiger partial charge is 0.481 e. The van der Waals surface area contributed by atoms with Crippen LogP contribution in [-0.2, 0) is 17.9 Å². The van der Waals surface area contributed by atoms with Crippen LogP contribution in [0.2, 0.25) is 5.02 Å². The van der Waals surface area contributed by atoms with E-state index in [1.165, 1.54) is 18.4 Å². The Morgan fingerprint density at radius 3 is 2.59 bits per heavy atom. The number of nitrogens with one attached hydrogen (secondary N) is 1. The van der Waals surface area contributed by atoms with Crippen molar-refractivity contribution in [2.24, 2.45) is 5.92 Å². The second-order valence-corrected chi connectivity index (χ2v) is 13.9. The predicted molar refractivity (Wildman–Crippen MR) is 201 cm³/mol. The first-order chi connectivity index (χ1) is 24.8. The Balaban J connectivity index is 1.08. The number of oxazole rings is 1. The molecule has 2 saturated heterocycles. The maximum atomic E-state index is 11.5. The smallest absolute Gasteiger partial charge is 0.307 e. The number of benzene rings is 3. The summed E-state index contributed by atoms with van der Waals surface area (Å²) >= 11 is 7.14. The van der Waals surface area contributed by atoms with E-state index in [9.17, 15) is 9.90 Å². The van der Waals surface area contributed by atoms with Crippen LogP contribution in [-0.4, -0.2) is 62.0 Å². The van der Waals surface area contributed by atoms with Gasteiger partial charge in [0.2, 0.25) is 5.89 Å². The Bertz CT molecular complexity index is 2340. The van der Waals surface area contributed by atoms with E-state index in [4.69, 9.17) is 32.4 Å². The Morgan fingerprint density at radius 1 is 1.00 bits per heavy atom. The van der Waals surface area contributed by atoms with Crippen molar-refractivity contribution in [1.29, 1.82) is 0 Å². The summed E-state index contributed by atoms with van der Waals surface area (Å²) in [5.74, 6) is 2.77. The first kappa shape index (κ1) is 32.9. The fourth-order valence-corrected chi connectivity index (χ4v) is 7.72. The van der Waals surface area contributed by atoms with Crippen molar-refractivity contribution in [3.63, 3.8) is 0 Å². The first-order valence-corrected chi connectivity index (χ1v) is 17.7. The molecule has 2 fully saturated rings. The molecule has 51 heavy (non-hydrogen) atoms. The number of halogens is 1. The minimum absolute atomic E-state index is 0.343. The van der Waals surface area contributed by atoms with Gasteiger partial charge in [0, 0.05) is 48.5 Å². The molecule has 2 aliphatic heterocycles. The second-order valence-electron chi connectivity index (χ2n) is 13.5. The van der Waals surface area contributed by atoms with Crippen LogP contribution in [0.4, 0.5) is 11.5 Å². The molecule has 8 rings (SSSR count). The number of carboxylic acids is 1. The molecule has 5 heterocycles. The normalized spacial score (nSPS) is 16.6. The molecule has 0 spiro atoms. The zero-order valence-corrected chi connectivity index (χ0v) is 29.1. The molecule has 1 atom stereocenters. The third-order valence-corrected chi connectivity index (χ3v) is 10.5. The van der Waals surface area contributed by atoms with E-state index >= 15 is 0 Å². The number of terminal acetylenes is 1. The van der Waals surface area contributed by atoms with E-state index in [0.29, 0.717) is 52.9 Å². The molecule has 10 heteroatoms. The van der Waals surface area contributed by atoms with E-state index < -0.39 is 5.97 Å². The van der Waals surface area contributed by atoms with Crippen molar-refractivity contribution in [2.75, 3.05) is 31.5 Å². The first-order valence-electron chi connectivity index (χ1n) is 17.3. The Kier molecular flexibility index (Phi) is 8.90. The average molecular weight is 697 g/mol. The van der Waals surface area contributed by atoms with Gasteiger partial charge < -0.3 is 14.8 Å². The summed E-state index contributed by atoms with van der Waals surface area (Å²) in [6.45, 7) is 7.06. The lowest BCUT2D eigenvalue weighted by Gasteiger charge is -2.16. The fraction of sp³-hybridized carbons (Fsp3) is 0.268. The number of nitrogens with zero attached hydrogens (tertiary/aromatic N) is 5. The quantitative estimate of drug-likeness (QED) is 0.144. The highest BCUT2D eigenvalue weighted by Gasteiger charge is 2.28. The standard InChI is InChI=1S/C41H37ClN6O3/c1-3-28-18-26(22-48-17-13-30(24-48)41(49)50)20-35-38(28)51-40(46-35)32-9-6-8-31(25(32)2)33-10-7-11-34(36(33)42)45-39-37-29(12-14-43-39)19-27(21-44-37)23-47-15-4-5-16-47/h1,6-12,14,18-21,30H,4-5,13,15-17,22-24H2,2H3,(H,43,45)(H,49,50). The highest BCUT2D eigenvalue weighted by atomic mass is 35.5. The topological polar surface area (TPSA) is 108 Å². The summed E-state index contributed by atoms with van der Waals surface area (Å²) in [4.78, 5) is 30.4. The molecule has 0 radical (unpaired) electrons. The third kappa shape index (κ3) is 6.54. The van der Waals surface area contributed by atoms with E-state index in [2.05, 4.69) is 32.1 Å². The molecule has 0 bridgehead atoms. The SMILES string of the molecule is C#Cc1cc(CN2CCC(C(=O)O)C2)cc2nc(-c3cccc(-c4cccc(Nc5nccc6cc(CN7CCCC7)cnc56)c4Cl)c3C)oc12. The van der Waals surface area contributed by atoms with Crippen LogP contribution >= 0.6 is 11.6 Å². The van der Waals surface area contributed by atoms with Crippen LogP contribution in [0.3, 0.4) is 0 Å². The molecule has 0 aliphatic carbocycles. The highest BCUT2D eigenvalue weighted by Crippen LogP contribution is 2.40. The lowest BCUT2D eigenvalue weighted by atomic mass is 9.96. The summed E-state index contributed by atoms with van der Waals surface area (Å²) in [6.07, 6.45) is 12.8. The second kappa shape index (κ2) is 13.8. The van der Waals surface area contributed by atoms with E-state index in [-0.39, 0.29) is 5.92 Å². The van der Waals surface area contributed by atoms with Gasteiger partial charge in [-0.1, -0.05) is 41.8 Å². The number of rotatable bonds is 9. The van der Waals surface area contributed by atoms with Crippen LogP contribution in [0.15, 0.2) is 77.5 Å². The zero-order chi connectivity index (χ0) is 35.1. The number of hydrogen-bond acceptors (Lipinski definition) is 8. The number of hydrogen-bond donors (Lipinski definition) is 2. The maximum absolute atomic E-state index is 11.5. The Hall–Kier alpha value is -5.27. The van der Waals surface area contributed by atoms with Crippen molar-refractivity contribution < 1.29 is 14.3 Å². The molecular weight excluding hydrogens is 660 g/mol. The number of anilines is 2. The number of aromatic nitrogens is 3. The van der Waals surface area contributed by atoms with Crippen LogP contribution < -0.4 is 5.32 Å². The summed E-state index contributed by atoms with van der Waals surface area (Å²) < 4.78 is 6.33. The number of pyridine rings is 2. The van der Waals surface area contributed by atoms with Crippen molar-refractivity contribution >= 4 is 51.1 Å². The van der Waals surface area contributed by atoms with Crippen LogP contribution in [0.1, 0.15) is 41.5 Å². The van der Waals surface area contributed by atoms with Crippen LogP contribution in [0.25, 0.3) is 44.6 Å². The van der Waals surface area contributed by atoms with Gasteiger partial charge in [-0.15, -0.1) is 6.42 Å². The minimum atomic E-state index is -0.749. The van der Waals surface area contributed by atoms with Gasteiger partial charge >= 0.3 is 5.97 Å². The molecule has 256 valence electrons. The summed E-state index contributed by atoms with van der Waals surface area (Å²) in [5.41, 5.74) is 9.10. The third-order valence-electron chi connectivity index (χ3n) is 10.1. The number of carbonyl (C=O) groups is 1. The molecule has 3 aromatic carbocycles. The van der Waals surface area contributed by atoms with Gasteiger partial charge in [-0.3, -0.25) is 19.6 Å². The summed E-state index contributed by atoms with van der Waals surface area (Å²) in [6, 6.07) is 20.0. The van der Waals surface area contributed by atoms with Gasteiger partial charge in [-0.05, 0) is 104 Å².